The molecule has 0 radical (unpaired) electrons. The Morgan fingerprint density at radius 3 is 2.38 bits per heavy atom. The van der Waals surface area contributed by atoms with Crippen LogP contribution in [-0.2, 0) is 9.59 Å². The first kappa shape index (κ1) is 20.0. The minimum Gasteiger partial charge on any atom is -0.346 e. The number of carbonyl (C=O) groups excluding carboxylic acids is 2. The number of rotatable bonds is 7. The van der Waals surface area contributed by atoms with Gasteiger partial charge in [-0.3, -0.25) is 9.59 Å². The molecule has 0 aliphatic carbocycles. The Morgan fingerprint density at radius 1 is 1.08 bits per heavy atom. The molecule has 2 amide bonds. The Labute approximate surface area is 158 Å². The van der Waals surface area contributed by atoms with Gasteiger partial charge in [-0.2, -0.15) is 0 Å². The van der Waals surface area contributed by atoms with Crippen molar-refractivity contribution in [1.82, 2.24) is 5.32 Å². The van der Waals surface area contributed by atoms with Gasteiger partial charge in [0.05, 0.1) is 12.6 Å². The highest BCUT2D eigenvalue weighted by atomic mass is 32.2. The summed E-state index contributed by atoms with van der Waals surface area (Å²) < 4.78 is 0. The quantitative estimate of drug-likeness (QED) is 0.698. The zero-order valence-corrected chi connectivity index (χ0v) is 16.1. The van der Waals surface area contributed by atoms with Gasteiger partial charge >= 0.3 is 0 Å². The van der Waals surface area contributed by atoms with Gasteiger partial charge in [-0.25, -0.2) is 0 Å². The average molecular weight is 372 g/mol. The van der Waals surface area contributed by atoms with Crippen LogP contribution >= 0.6 is 11.8 Å². The summed E-state index contributed by atoms with van der Waals surface area (Å²) in [5, 5.41) is 5.39. The van der Waals surface area contributed by atoms with Crippen molar-refractivity contribution in [1.29, 1.82) is 0 Å². The Morgan fingerprint density at radius 2 is 1.77 bits per heavy atom. The van der Waals surface area contributed by atoms with E-state index in [0.29, 0.717) is 0 Å². The molecular weight excluding hydrogens is 346 g/mol. The zero-order valence-electron chi connectivity index (χ0n) is 15.3. The SMILES string of the molecule is Cc1cc(Sc2ccccc2)ccc1NC(=O)CNC(=O)[C@@H](N)C(C)C. The van der Waals surface area contributed by atoms with Crippen LogP contribution in [0.1, 0.15) is 19.4 Å². The Kier molecular flexibility index (Phi) is 7.24. The Hall–Kier alpha value is -2.31. The largest absolute Gasteiger partial charge is 0.346 e. The number of carbonyl (C=O) groups is 2. The number of hydrogen-bond acceptors (Lipinski definition) is 4. The minimum absolute atomic E-state index is 0.0231. The molecular formula is C20H25N3O2S. The van der Waals surface area contributed by atoms with Crippen LogP contribution in [0.25, 0.3) is 0 Å². The fourth-order valence-electron chi connectivity index (χ4n) is 2.25. The van der Waals surface area contributed by atoms with Crippen molar-refractivity contribution in [3.63, 3.8) is 0 Å². The highest BCUT2D eigenvalue weighted by Crippen LogP contribution is 2.30. The van der Waals surface area contributed by atoms with Crippen molar-refractivity contribution in [3.8, 4) is 0 Å². The van der Waals surface area contributed by atoms with Crippen molar-refractivity contribution < 1.29 is 9.59 Å². The highest BCUT2D eigenvalue weighted by molar-refractivity contribution is 7.99. The number of anilines is 1. The molecule has 2 aromatic rings. The summed E-state index contributed by atoms with van der Waals surface area (Å²) in [6.45, 7) is 5.57. The zero-order chi connectivity index (χ0) is 19.1. The van der Waals surface area contributed by atoms with E-state index in [1.165, 1.54) is 0 Å². The van der Waals surface area contributed by atoms with Crippen LogP contribution in [0, 0.1) is 12.8 Å². The van der Waals surface area contributed by atoms with Crippen LogP contribution in [0.3, 0.4) is 0 Å². The number of nitrogens with two attached hydrogens (primary N) is 1. The Bertz CT molecular complexity index is 763. The van der Waals surface area contributed by atoms with E-state index < -0.39 is 6.04 Å². The van der Waals surface area contributed by atoms with E-state index in [2.05, 4.69) is 22.8 Å². The van der Waals surface area contributed by atoms with Gasteiger partial charge in [0.15, 0.2) is 0 Å². The molecule has 0 aliphatic rings. The van der Waals surface area contributed by atoms with Crippen LogP contribution in [0.5, 0.6) is 0 Å². The summed E-state index contributed by atoms with van der Waals surface area (Å²) in [5.74, 6) is -0.572. The lowest BCUT2D eigenvalue weighted by Gasteiger charge is -2.15. The average Bonchev–Trinajstić information content (AvgIpc) is 2.62. The molecule has 0 unspecified atom stereocenters. The van der Waals surface area contributed by atoms with Gasteiger partial charge in [0, 0.05) is 15.5 Å². The van der Waals surface area contributed by atoms with Crippen molar-refractivity contribution in [2.75, 3.05) is 11.9 Å². The minimum atomic E-state index is -0.612. The molecule has 138 valence electrons. The van der Waals surface area contributed by atoms with Gasteiger partial charge < -0.3 is 16.4 Å². The summed E-state index contributed by atoms with van der Waals surface area (Å²) in [7, 11) is 0. The standard InChI is InChI=1S/C20H25N3O2S/c1-13(2)19(21)20(25)22-12-18(24)23-17-10-9-16(11-14(17)3)26-15-7-5-4-6-8-15/h4-11,13,19H,12,21H2,1-3H3,(H,22,25)(H,23,24)/t19-/m0/s1. The summed E-state index contributed by atoms with van der Waals surface area (Å²) in [6, 6.07) is 15.4. The topological polar surface area (TPSA) is 84.2 Å². The highest BCUT2D eigenvalue weighted by Gasteiger charge is 2.17. The number of benzene rings is 2. The second-order valence-electron chi connectivity index (χ2n) is 6.43. The number of amides is 2. The third-order valence-corrected chi connectivity index (χ3v) is 4.89. The lowest BCUT2D eigenvalue weighted by molar-refractivity contribution is -0.125. The van der Waals surface area contributed by atoms with E-state index >= 15 is 0 Å². The van der Waals surface area contributed by atoms with Crippen LogP contribution in [-0.4, -0.2) is 24.4 Å². The third-order valence-electron chi connectivity index (χ3n) is 3.90. The van der Waals surface area contributed by atoms with Crippen LogP contribution < -0.4 is 16.4 Å². The smallest absolute Gasteiger partial charge is 0.243 e. The lowest BCUT2D eigenvalue weighted by Crippen LogP contribution is -2.46. The first-order chi connectivity index (χ1) is 12.4. The number of hydrogen-bond donors (Lipinski definition) is 3. The molecule has 0 spiro atoms. The van der Waals surface area contributed by atoms with Crippen LogP contribution in [0.15, 0.2) is 58.3 Å². The second kappa shape index (κ2) is 9.40. The first-order valence-corrected chi connectivity index (χ1v) is 9.35. The summed E-state index contributed by atoms with van der Waals surface area (Å²) in [6.07, 6.45) is 0. The van der Waals surface area contributed by atoms with Gasteiger partial charge in [0.25, 0.3) is 0 Å². The van der Waals surface area contributed by atoms with E-state index in [4.69, 9.17) is 5.73 Å². The van der Waals surface area contributed by atoms with E-state index in [9.17, 15) is 9.59 Å². The summed E-state index contributed by atoms with van der Waals surface area (Å²) >= 11 is 1.67. The molecule has 2 rings (SSSR count). The summed E-state index contributed by atoms with van der Waals surface area (Å²) in [4.78, 5) is 26.1. The molecule has 26 heavy (non-hydrogen) atoms. The van der Waals surface area contributed by atoms with E-state index in [0.717, 1.165) is 21.0 Å². The molecule has 5 nitrogen and oxygen atoms in total. The van der Waals surface area contributed by atoms with Crippen molar-refractivity contribution in [3.05, 3.63) is 54.1 Å². The first-order valence-electron chi connectivity index (χ1n) is 8.53. The predicted molar refractivity (Wildman–Crippen MR) is 106 cm³/mol. The number of aryl methyl sites for hydroxylation is 1. The van der Waals surface area contributed by atoms with Gasteiger partial charge in [0.2, 0.25) is 11.8 Å². The van der Waals surface area contributed by atoms with Gasteiger partial charge in [-0.15, -0.1) is 0 Å². The normalized spacial score (nSPS) is 11.9. The maximum absolute atomic E-state index is 12.1. The molecule has 0 heterocycles. The molecule has 0 aliphatic heterocycles. The van der Waals surface area contributed by atoms with E-state index in [1.807, 2.05) is 57.2 Å². The molecule has 6 heteroatoms. The fraction of sp³-hybridized carbons (Fsp3) is 0.300. The maximum Gasteiger partial charge on any atom is 0.243 e. The molecule has 0 aromatic heterocycles. The van der Waals surface area contributed by atoms with E-state index in [1.54, 1.807) is 11.8 Å². The van der Waals surface area contributed by atoms with E-state index in [-0.39, 0.29) is 24.3 Å². The molecule has 0 saturated heterocycles. The van der Waals surface area contributed by atoms with Gasteiger partial charge in [-0.1, -0.05) is 43.8 Å². The van der Waals surface area contributed by atoms with Crippen molar-refractivity contribution in [2.45, 2.75) is 36.6 Å². The molecule has 0 bridgehead atoms. The molecule has 1 atom stereocenters. The molecule has 4 N–H and O–H groups in total. The summed E-state index contributed by atoms with van der Waals surface area (Å²) in [5.41, 5.74) is 7.45. The van der Waals surface area contributed by atoms with Crippen molar-refractivity contribution >= 4 is 29.3 Å². The number of nitrogens with one attached hydrogen (secondary N) is 2. The van der Waals surface area contributed by atoms with Crippen molar-refractivity contribution in [2.24, 2.45) is 11.7 Å². The molecule has 0 fully saturated rings. The maximum atomic E-state index is 12.1. The predicted octanol–water partition coefficient (Wildman–Crippen LogP) is 3.18. The monoisotopic (exact) mass is 371 g/mol. The van der Waals surface area contributed by atoms with Gasteiger partial charge in [-0.05, 0) is 48.7 Å². The third kappa shape index (κ3) is 5.89. The van der Waals surface area contributed by atoms with Crippen LogP contribution in [0.4, 0.5) is 5.69 Å². The van der Waals surface area contributed by atoms with Crippen LogP contribution in [0.2, 0.25) is 0 Å². The fourth-order valence-corrected chi connectivity index (χ4v) is 3.18. The lowest BCUT2D eigenvalue weighted by atomic mass is 10.1. The second-order valence-corrected chi connectivity index (χ2v) is 7.57. The Balaban J connectivity index is 1.91. The molecule has 2 aromatic carbocycles. The van der Waals surface area contributed by atoms with Gasteiger partial charge in [0.1, 0.15) is 0 Å². The molecule has 0 saturated carbocycles.